The lowest BCUT2D eigenvalue weighted by atomic mass is 10.0. The second kappa shape index (κ2) is 6.20. The summed E-state index contributed by atoms with van der Waals surface area (Å²) in [6.45, 7) is 2.29. The molecule has 0 saturated heterocycles. The van der Waals surface area contributed by atoms with Gasteiger partial charge < -0.3 is 10.1 Å². The number of aryl methyl sites for hydroxylation is 1. The number of hydrogen-bond donors (Lipinski definition) is 2. The van der Waals surface area contributed by atoms with E-state index in [2.05, 4.69) is 9.97 Å². The molecule has 0 aliphatic heterocycles. The van der Waals surface area contributed by atoms with Crippen molar-refractivity contribution in [2.75, 3.05) is 7.05 Å². The zero-order valence-electron chi connectivity index (χ0n) is 11.9. The van der Waals surface area contributed by atoms with Gasteiger partial charge in [-0.2, -0.15) is 5.26 Å². The van der Waals surface area contributed by atoms with Gasteiger partial charge in [0.05, 0.1) is 18.2 Å². The molecule has 2 rings (SSSR count). The van der Waals surface area contributed by atoms with Gasteiger partial charge in [0.15, 0.2) is 0 Å². The number of nitrogens with zero attached hydrogens (tertiary/aromatic N) is 3. The van der Waals surface area contributed by atoms with Crippen LogP contribution < -0.4 is 0 Å². The number of carboxylic acids is 1. The standard InChI is InChI=1S/C15H16N4O2/c1-10-8-17-13(18-10)9-19(2)14(15(20)21)12-5-3-11(7-16)4-6-12/h3-6,8,14H,9H2,1-2H3,(H,17,18)(H,20,21)/t14-/m0/s1. The molecule has 2 aromatic rings. The number of nitriles is 1. The first-order valence-electron chi connectivity index (χ1n) is 6.45. The Balaban J connectivity index is 2.21. The van der Waals surface area contributed by atoms with Crippen LogP contribution in [0.15, 0.2) is 30.5 Å². The SMILES string of the molecule is Cc1cnc(CN(C)[C@H](C(=O)O)c2ccc(C#N)cc2)[nH]1. The highest BCUT2D eigenvalue weighted by Crippen LogP contribution is 2.21. The topological polar surface area (TPSA) is 93.0 Å². The highest BCUT2D eigenvalue weighted by Gasteiger charge is 2.25. The van der Waals surface area contributed by atoms with Crippen LogP contribution in [0.5, 0.6) is 0 Å². The number of nitrogens with one attached hydrogen (secondary N) is 1. The Morgan fingerprint density at radius 1 is 1.48 bits per heavy atom. The molecule has 0 bridgehead atoms. The molecule has 0 radical (unpaired) electrons. The fourth-order valence-corrected chi connectivity index (χ4v) is 2.20. The van der Waals surface area contributed by atoms with E-state index in [-0.39, 0.29) is 0 Å². The molecule has 0 amide bonds. The lowest BCUT2D eigenvalue weighted by molar-refractivity contribution is -0.143. The van der Waals surface area contributed by atoms with Crippen molar-refractivity contribution >= 4 is 5.97 Å². The van der Waals surface area contributed by atoms with E-state index in [1.165, 1.54) is 0 Å². The number of carboxylic acid groups (broad SMARTS) is 1. The highest BCUT2D eigenvalue weighted by atomic mass is 16.4. The van der Waals surface area contributed by atoms with E-state index in [1.54, 1.807) is 42.4 Å². The minimum Gasteiger partial charge on any atom is -0.480 e. The second-order valence-electron chi connectivity index (χ2n) is 4.90. The summed E-state index contributed by atoms with van der Waals surface area (Å²) in [6, 6.07) is 7.81. The summed E-state index contributed by atoms with van der Waals surface area (Å²) in [5, 5.41) is 18.3. The number of rotatable bonds is 5. The van der Waals surface area contributed by atoms with E-state index in [0.717, 1.165) is 11.5 Å². The summed E-state index contributed by atoms with van der Waals surface area (Å²) >= 11 is 0. The van der Waals surface area contributed by atoms with Gasteiger partial charge in [-0.25, -0.2) is 4.98 Å². The molecule has 6 nitrogen and oxygen atoms in total. The molecule has 1 heterocycles. The normalized spacial score (nSPS) is 12.1. The van der Waals surface area contributed by atoms with Crippen LogP contribution in [0.1, 0.15) is 28.7 Å². The van der Waals surface area contributed by atoms with Crippen molar-refractivity contribution in [2.45, 2.75) is 19.5 Å². The minimum atomic E-state index is -0.939. The molecule has 0 spiro atoms. The quantitative estimate of drug-likeness (QED) is 0.874. The van der Waals surface area contributed by atoms with Gasteiger partial charge in [-0.15, -0.1) is 0 Å². The molecular weight excluding hydrogens is 268 g/mol. The molecule has 2 N–H and O–H groups in total. The van der Waals surface area contributed by atoms with Gasteiger partial charge in [-0.1, -0.05) is 12.1 Å². The summed E-state index contributed by atoms with van der Waals surface area (Å²) in [6.07, 6.45) is 1.71. The van der Waals surface area contributed by atoms with Crippen molar-refractivity contribution in [3.63, 3.8) is 0 Å². The molecule has 0 aliphatic rings. The zero-order chi connectivity index (χ0) is 15.4. The first kappa shape index (κ1) is 14.8. The lowest BCUT2D eigenvalue weighted by Crippen LogP contribution is -2.30. The van der Waals surface area contributed by atoms with Gasteiger partial charge in [-0.3, -0.25) is 9.69 Å². The number of aliphatic carboxylic acids is 1. The number of likely N-dealkylation sites (N-methyl/N-ethyl adjacent to an activating group) is 1. The molecule has 0 unspecified atom stereocenters. The Kier molecular flexibility index (Phi) is 4.36. The van der Waals surface area contributed by atoms with Crippen LogP contribution in [-0.2, 0) is 11.3 Å². The average molecular weight is 284 g/mol. The van der Waals surface area contributed by atoms with Crippen LogP contribution in [0.3, 0.4) is 0 Å². The minimum absolute atomic E-state index is 0.394. The summed E-state index contributed by atoms with van der Waals surface area (Å²) in [5.41, 5.74) is 2.07. The molecule has 0 fully saturated rings. The van der Waals surface area contributed by atoms with Crippen LogP contribution in [0, 0.1) is 18.3 Å². The van der Waals surface area contributed by atoms with Crippen LogP contribution in [0.4, 0.5) is 0 Å². The molecule has 1 aromatic carbocycles. The first-order chi connectivity index (χ1) is 10.0. The maximum atomic E-state index is 11.6. The summed E-state index contributed by atoms with van der Waals surface area (Å²) < 4.78 is 0. The van der Waals surface area contributed by atoms with E-state index < -0.39 is 12.0 Å². The van der Waals surface area contributed by atoms with Crippen LogP contribution in [-0.4, -0.2) is 33.0 Å². The monoisotopic (exact) mass is 284 g/mol. The number of aromatic nitrogens is 2. The van der Waals surface area contributed by atoms with Crippen molar-refractivity contribution in [1.82, 2.24) is 14.9 Å². The third kappa shape index (κ3) is 3.46. The Morgan fingerprint density at radius 2 is 2.14 bits per heavy atom. The average Bonchev–Trinajstić information content (AvgIpc) is 2.84. The van der Waals surface area contributed by atoms with E-state index in [0.29, 0.717) is 17.7 Å². The van der Waals surface area contributed by atoms with E-state index in [4.69, 9.17) is 5.26 Å². The molecule has 1 aromatic heterocycles. The molecule has 1 atom stereocenters. The fourth-order valence-electron chi connectivity index (χ4n) is 2.20. The van der Waals surface area contributed by atoms with E-state index >= 15 is 0 Å². The number of carbonyl (C=O) groups is 1. The van der Waals surface area contributed by atoms with Crippen molar-refractivity contribution in [3.8, 4) is 6.07 Å². The largest absolute Gasteiger partial charge is 0.480 e. The predicted molar refractivity (Wildman–Crippen MR) is 76.3 cm³/mol. The smallest absolute Gasteiger partial charge is 0.325 e. The Morgan fingerprint density at radius 3 is 2.62 bits per heavy atom. The predicted octanol–water partition coefficient (Wildman–Crippen LogP) is 1.85. The number of benzene rings is 1. The highest BCUT2D eigenvalue weighted by molar-refractivity contribution is 5.75. The van der Waals surface area contributed by atoms with Crippen LogP contribution in [0.25, 0.3) is 0 Å². The number of imidazole rings is 1. The molecule has 0 saturated carbocycles. The van der Waals surface area contributed by atoms with Gasteiger partial charge in [0.2, 0.25) is 0 Å². The Bertz CT molecular complexity index is 670. The van der Waals surface area contributed by atoms with Crippen molar-refractivity contribution in [1.29, 1.82) is 5.26 Å². The van der Waals surface area contributed by atoms with Gasteiger partial charge >= 0.3 is 5.97 Å². The van der Waals surface area contributed by atoms with Gasteiger partial charge in [0.1, 0.15) is 11.9 Å². The van der Waals surface area contributed by atoms with Crippen LogP contribution in [0.2, 0.25) is 0 Å². The van der Waals surface area contributed by atoms with Gasteiger partial charge in [0, 0.05) is 11.9 Å². The van der Waals surface area contributed by atoms with Gasteiger partial charge in [-0.05, 0) is 31.7 Å². The number of hydrogen-bond acceptors (Lipinski definition) is 4. The zero-order valence-corrected chi connectivity index (χ0v) is 11.9. The van der Waals surface area contributed by atoms with Crippen molar-refractivity contribution in [2.24, 2.45) is 0 Å². The summed E-state index contributed by atoms with van der Waals surface area (Å²) in [7, 11) is 1.73. The Hall–Kier alpha value is -2.65. The molecule has 6 heteroatoms. The number of H-pyrrole nitrogens is 1. The lowest BCUT2D eigenvalue weighted by Gasteiger charge is -2.24. The third-order valence-electron chi connectivity index (χ3n) is 3.18. The maximum absolute atomic E-state index is 11.6. The third-order valence-corrected chi connectivity index (χ3v) is 3.18. The fraction of sp³-hybridized carbons (Fsp3) is 0.267. The first-order valence-corrected chi connectivity index (χ1v) is 6.45. The second-order valence-corrected chi connectivity index (χ2v) is 4.90. The molecule has 0 aliphatic carbocycles. The maximum Gasteiger partial charge on any atom is 0.325 e. The van der Waals surface area contributed by atoms with E-state index in [9.17, 15) is 9.90 Å². The van der Waals surface area contributed by atoms with Crippen molar-refractivity contribution in [3.05, 3.63) is 53.1 Å². The van der Waals surface area contributed by atoms with Crippen LogP contribution >= 0.6 is 0 Å². The summed E-state index contributed by atoms with van der Waals surface area (Å²) in [5.74, 6) is -0.222. The van der Waals surface area contributed by atoms with Gasteiger partial charge in [0.25, 0.3) is 0 Å². The molecule has 21 heavy (non-hydrogen) atoms. The summed E-state index contributed by atoms with van der Waals surface area (Å²) in [4.78, 5) is 20.5. The van der Waals surface area contributed by atoms with Crippen molar-refractivity contribution < 1.29 is 9.90 Å². The Labute approximate surface area is 122 Å². The van der Waals surface area contributed by atoms with E-state index in [1.807, 2.05) is 13.0 Å². The number of aromatic amines is 1. The molecular formula is C15H16N4O2. The molecule has 108 valence electrons.